The molecule has 0 spiro atoms. The van der Waals surface area contributed by atoms with Crippen LogP contribution in [-0.4, -0.2) is 6.04 Å². The van der Waals surface area contributed by atoms with Crippen LogP contribution >= 0.6 is 0 Å². The van der Waals surface area contributed by atoms with Gasteiger partial charge in [0.15, 0.2) is 0 Å². The van der Waals surface area contributed by atoms with Crippen LogP contribution in [0.5, 0.6) is 0 Å². The minimum Gasteiger partial charge on any atom is -0.328 e. The average Bonchev–Trinajstić information content (AvgIpc) is 2.34. The molecule has 1 rings (SSSR count). The van der Waals surface area contributed by atoms with Crippen LogP contribution in [0, 0.1) is 5.92 Å². The van der Waals surface area contributed by atoms with E-state index < -0.39 is 0 Å². The molecule has 0 aromatic carbocycles. The van der Waals surface area contributed by atoms with Crippen molar-refractivity contribution in [2.75, 3.05) is 0 Å². The first kappa shape index (κ1) is 8.06. The summed E-state index contributed by atoms with van der Waals surface area (Å²) in [5.41, 5.74) is 5.67. The molecule has 0 amide bonds. The van der Waals surface area contributed by atoms with Gasteiger partial charge in [0.1, 0.15) is 0 Å². The summed E-state index contributed by atoms with van der Waals surface area (Å²) < 4.78 is 0. The van der Waals surface area contributed by atoms with Gasteiger partial charge in [0.2, 0.25) is 0 Å². The normalized spacial score (nSPS) is 23.4. The molecule has 0 bridgehead atoms. The molecule has 1 nitrogen and oxygen atoms in total. The zero-order valence-corrected chi connectivity index (χ0v) is 6.97. The van der Waals surface area contributed by atoms with Crippen molar-refractivity contribution in [3.05, 3.63) is 0 Å². The monoisotopic (exact) mass is 141 g/mol. The van der Waals surface area contributed by atoms with Crippen molar-refractivity contribution in [2.24, 2.45) is 11.7 Å². The Balaban J connectivity index is 2.01. The summed E-state index contributed by atoms with van der Waals surface area (Å²) in [6, 6.07) is 0.417. The predicted octanol–water partition coefficient (Wildman–Crippen LogP) is 2.30. The fraction of sp³-hybridized carbons (Fsp3) is 1.00. The maximum atomic E-state index is 5.67. The van der Waals surface area contributed by atoms with Gasteiger partial charge in [0.05, 0.1) is 0 Å². The van der Waals surface area contributed by atoms with E-state index in [1.54, 1.807) is 0 Å². The number of nitrogens with two attached hydrogens (primary N) is 1. The van der Waals surface area contributed by atoms with Crippen LogP contribution in [0.2, 0.25) is 0 Å². The summed E-state index contributed by atoms with van der Waals surface area (Å²) in [6.07, 6.45) is 8.45. The highest BCUT2D eigenvalue weighted by Gasteiger charge is 2.14. The Morgan fingerprint density at radius 3 is 2.50 bits per heavy atom. The van der Waals surface area contributed by atoms with E-state index in [0.29, 0.717) is 6.04 Å². The summed E-state index contributed by atoms with van der Waals surface area (Å²) in [4.78, 5) is 0. The molecule has 0 aliphatic heterocycles. The third-order valence-electron chi connectivity index (χ3n) is 2.51. The molecule has 0 heterocycles. The summed E-state index contributed by atoms with van der Waals surface area (Å²) in [6.45, 7) is 2.11. The van der Waals surface area contributed by atoms with E-state index in [9.17, 15) is 0 Å². The standard InChI is InChI=1S/C9H19N/c1-8(10)6-7-9-4-2-3-5-9/h8-9H,2-7,10H2,1H3. The predicted molar refractivity (Wildman–Crippen MR) is 44.8 cm³/mol. The van der Waals surface area contributed by atoms with E-state index in [4.69, 9.17) is 5.73 Å². The largest absolute Gasteiger partial charge is 0.328 e. The Morgan fingerprint density at radius 2 is 2.00 bits per heavy atom. The van der Waals surface area contributed by atoms with E-state index >= 15 is 0 Å². The van der Waals surface area contributed by atoms with Gasteiger partial charge >= 0.3 is 0 Å². The van der Waals surface area contributed by atoms with Crippen molar-refractivity contribution in [3.8, 4) is 0 Å². The second-order valence-electron chi connectivity index (χ2n) is 3.71. The van der Waals surface area contributed by atoms with Gasteiger partial charge in [-0.2, -0.15) is 0 Å². The Labute approximate surface area is 64.0 Å². The van der Waals surface area contributed by atoms with E-state index in [0.717, 1.165) is 5.92 Å². The molecule has 1 aliphatic rings. The fourth-order valence-corrected chi connectivity index (χ4v) is 1.80. The quantitative estimate of drug-likeness (QED) is 0.641. The van der Waals surface area contributed by atoms with Crippen molar-refractivity contribution in [2.45, 2.75) is 51.5 Å². The summed E-state index contributed by atoms with van der Waals surface area (Å²) >= 11 is 0. The zero-order chi connectivity index (χ0) is 7.40. The van der Waals surface area contributed by atoms with Crippen LogP contribution in [0.25, 0.3) is 0 Å². The molecule has 1 aliphatic carbocycles. The first-order chi connectivity index (χ1) is 4.79. The molecule has 1 heteroatoms. The van der Waals surface area contributed by atoms with Crippen molar-refractivity contribution < 1.29 is 0 Å². The average molecular weight is 141 g/mol. The highest BCUT2D eigenvalue weighted by molar-refractivity contribution is 4.68. The second kappa shape index (κ2) is 3.97. The van der Waals surface area contributed by atoms with Gasteiger partial charge in [-0.05, 0) is 25.7 Å². The maximum absolute atomic E-state index is 5.67. The van der Waals surface area contributed by atoms with Crippen LogP contribution in [-0.2, 0) is 0 Å². The Hall–Kier alpha value is -0.0400. The molecule has 0 aromatic heterocycles. The molecule has 1 unspecified atom stereocenters. The number of hydrogen-bond acceptors (Lipinski definition) is 1. The van der Waals surface area contributed by atoms with E-state index in [-0.39, 0.29) is 0 Å². The SMILES string of the molecule is CC(N)CCC1CCCC1. The van der Waals surface area contributed by atoms with Crippen molar-refractivity contribution in [1.29, 1.82) is 0 Å². The van der Waals surface area contributed by atoms with Crippen LogP contribution in [0.4, 0.5) is 0 Å². The van der Waals surface area contributed by atoms with Crippen LogP contribution < -0.4 is 5.73 Å². The van der Waals surface area contributed by atoms with E-state index in [2.05, 4.69) is 6.92 Å². The smallest absolute Gasteiger partial charge is 0.00105 e. The van der Waals surface area contributed by atoms with Gasteiger partial charge in [-0.3, -0.25) is 0 Å². The second-order valence-corrected chi connectivity index (χ2v) is 3.71. The third kappa shape index (κ3) is 2.70. The lowest BCUT2D eigenvalue weighted by Crippen LogP contribution is -2.15. The molecule has 60 valence electrons. The number of hydrogen-bond donors (Lipinski definition) is 1. The van der Waals surface area contributed by atoms with Gasteiger partial charge in [0, 0.05) is 6.04 Å². The molecule has 0 radical (unpaired) electrons. The van der Waals surface area contributed by atoms with Gasteiger partial charge in [-0.25, -0.2) is 0 Å². The van der Waals surface area contributed by atoms with Gasteiger partial charge < -0.3 is 5.73 Å². The number of rotatable bonds is 3. The minimum atomic E-state index is 0.417. The Morgan fingerprint density at radius 1 is 1.40 bits per heavy atom. The van der Waals surface area contributed by atoms with Crippen LogP contribution in [0.3, 0.4) is 0 Å². The summed E-state index contributed by atoms with van der Waals surface area (Å²) in [5, 5.41) is 0. The van der Waals surface area contributed by atoms with E-state index in [1.165, 1.54) is 38.5 Å². The van der Waals surface area contributed by atoms with Crippen LogP contribution in [0.15, 0.2) is 0 Å². The first-order valence-electron chi connectivity index (χ1n) is 4.54. The lowest BCUT2D eigenvalue weighted by atomic mass is 10.00. The highest BCUT2D eigenvalue weighted by Crippen LogP contribution is 2.28. The first-order valence-corrected chi connectivity index (χ1v) is 4.54. The molecule has 0 aromatic rings. The lowest BCUT2D eigenvalue weighted by molar-refractivity contribution is 0.459. The summed E-state index contributed by atoms with van der Waals surface area (Å²) in [7, 11) is 0. The molecular formula is C9H19N. The molecule has 1 atom stereocenters. The molecule has 0 saturated heterocycles. The fourth-order valence-electron chi connectivity index (χ4n) is 1.80. The van der Waals surface area contributed by atoms with Crippen molar-refractivity contribution >= 4 is 0 Å². The third-order valence-corrected chi connectivity index (χ3v) is 2.51. The summed E-state index contributed by atoms with van der Waals surface area (Å²) in [5.74, 6) is 1.02. The topological polar surface area (TPSA) is 26.0 Å². The Bertz CT molecular complexity index is 82.7. The van der Waals surface area contributed by atoms with E-state index in [1.807, 2.05) is 0 Å². The lowest BCUT2D eigenvalue weighted by Gasteiger charge is -2.09. The van der Waals surface area contributed by atoms with Gasteiger partial charge in [-0.1, -0.05) is 25.7 Å². The minimum absolute atomic E-state index is 0.417. The molecule has 1 saturated carbocycles. The van der Waals surface area contributed by atoms with Gasteiger partial charge in [0.25, 0.3) is 0 Å². The van der Waals surface area contributed by atoms with Gasteiger partial charge in [-0.15, -0.1) is 0 Å². The maximum Gasteiger partial charge on any atom is 0.00105 e. The Kier molecular flexibility index (Phi) is 3.20. The van der Waals surface area contributed by atoms with Crippen molar-refractivity contribution in [3.63, 3.8) is 0 Å². The molecule has 1 fully saturated rings. The van der Waals surface area contributed by atoms with Crippen LogP contribution in [0.1, 0.15) is 45.4 Å². The molecular weight excluding hydrogens is 122 g/mol. The highest BCUT2D eigenvalue weighted by atomic mass is 14.6. The molecule has 10 heavy (non-hydrogen) atoms. The van der Waals surface area contributed by atoms with Crippen molar-refractivity contribution in [1.82, 2.24) is 0 Å². The zero-order valence-electron chi connectivity index (χ0n) is 6.97. The molecule has 2 N–H and O–H groups in total.